The molecule has 2 aromatic rings. The molecule has 0 saturated carbocycles. The summed E-state index contributed by atoms with van der Waals surface area (Å²) in [6, 6.07) is 11.1. The number of nitrogens with zero attached hydrogens (tertiary/aromatic N) is 1. The molecule has 1 amide bonds. The second-order valence-corrected chi connectivity index (χ2v) is 3.56. The third-order valence-electron chi connectivity index (χ3n) is 2.34. The van der Waals surface area contributed by atoms with E-state index in [0.29, 0.717) is 6.54 Å². The van der Waals surface area contributed by atoms with Crippen molar-refractivity contribution in [1.29, 1.82) is 0 Å². The van der Waals surface area contributed by atoms with Crippen LogP contribution in [-0.2, 0) is 6.54 Å². The first-order valence-electron chi connectivity index (χ1n) is 5.22. The van der Waals surface area contributed by atoms with Crippen LogP contribution in [0.2, 0.25) is 0 Å². The zero-order valence-electron chi connectivity index (χ0n) is 9.13. The second-order valence-electron chi connectivity index (χ2n) is 3.56. The van der Waals surface area contributed by atoms with Crippen LogP contribution in [0.3, 0.4) is 0 Å². The Balaban J connectivity index is 2.01. The fraction of sp³-hybridized carbons (Fsp3) is 0.0769. The molecule has 0 spiro atoms. The van der Waals surface area contributed by atoms with Crippen LogP contribution in [0.5, 0.6) is 5.75 Å². The monoisotopic (exact) mass is 228 g/mol. The Hall–Kier alpha value is -2.36. The molecule has 0 unspecified atom stereocenters. The van der Waals surface area contributed by atoms with Crippen molar-refractivity contribution in [3.05, 3.63) is 59.9 Å². The normalized spacial score (nSPS) is 9.88. The summed E-state index contributed by atoms with van der Waals surface area (Å²) >= 11 is 0. The lowest BCUT2D eigenvalue weighted by Crippen LogP contribution is -2.22. The summed E-state index contributed by atoms with van der Waals surface area (Å²) in [4.78, 5) is 15.5. The number of amides is 1. The standard InChI is InChI=1S/C13H12N2O2/c16-12-9-14-7-6-11(12)13(17)15-8-10-4-2-1-3-5-10/h1-7,9,16H,8H2,(H,15,17). The second kappa shape index (κ2) is 5.12. The number of hydrogen-bond donors (Lipinski definition) is 2. The van der Waals surface area contributed by atoms with E-state index in [4.69, 9.17) is 0 Å². The first-order valence-corrected chi connectivity index (χ1v) is 5.22. The minimum absolute atomic E-state index is 0.113. The molecule has 2 N–H and O–H groups in total. The predicted octanol–water partition coefficient (Wildman–Crippen LogP) is 1.72. The highest BCUT2D eigenvalue weighted by atomic mass is 16.3. The van der Waals surface area contributed by atoms with Gasteiger partial charge in [-0.2, -0.15) is 0 Å². The molecule has 0 aliphatic heterocycles. The van der Waals surface area contributed by atoms with Crippen molar-refractivity contribution < 1.29 is 9.90 Å². The molecule has 0 atom stereocenters. The quantitative estimate of drug-likeness (QED) is 0.840. The van der Waals surface area contributed by atoms with Crippen molar-refractivity contribution in [2.75, 3.05) is 0 Å². The smallest absolute Gasteiger partial charge is 0.255 e. The van der Waals surface area contributed by atoms with Crippen molar-refractivity contribution in [3.8, 4) is 5.75 Å². The van der Waals surface area contributed by atoms with Gasteiger partial charge in [0.2, 0.25) is 0 Å². The average molecular weight is 228 g/mol. The lowest BCUT2D eigenvalue weighted by Gasteiger charge is -2.06. The minimum atomic E-state index is -0.311. The zero-order valence-corrected chi connectivity index (χ0v) is 9.13. The minimum Gasteiger partial charge on any atom is -0.505 e. The molecule has 86 valence electrons. The van der Waals surface area contributed by atoms with Crippen LogP contribution < -0.4 is 5.32 Å². The molecule has 17 heavy (non-hydrogen) atoms. The van der Waals surface area contributed by atoms with E-state index >= 15 is 0 Å². The van der Waals surface area contributed by atoms with Crippen molar-refractivity contribution in [1.82, 2.24) is 10.3 Å². The summed E-state index contributed by atoms with van der Waals surface area (Å²) in [6.45, 7) is 0.432. The zero-order chi connectivity index (χ0) is 12.1. The van der Waals surface area contributed by atoms with E-state index < -0.39 is 0 Å². The largest absolute Gasteiger partial charge is 0.505 e. The maximum Gasteiger partial charge on any atom is 0.255 e. The molecule has 1 aromatic heterocycles. The van der Waals surface area contributed by atoms with Crippen LogP contribution in [0.25, 0.3) is 0 Å². The number of carbonyl (C=O) groups is 1. The molecule has 1 heterocycles. The average Bonchev–Trinajstić information content (AvgIpc) is 2.38. The summed E-state index contributed by atoms with van der Waals surface area (Å²) in [6.07, 6.45) is 2.72. The third kappa shape index (κ3) is 2.81. The van der Waals surface area contributed by atoms with Gasteiger partial charge >= 0.3 is 0 Å². The third-order valence-corrected chi connectivity index (χ3v) is 2.34. The number of benzene rings is 1. The van der Waals surface area contributed by atoms with E-state index in [1.165, 1.54) is 18.5 Å². The van der Waals surface area contributed by atoms with Gasteiger partial charge < -0.3 is 10.4 Å². The van der Waals surface area contributed by atoms with Crippen molar-refractivity contribution in [2.24, 2.45) is 0 Å². The molecule has 0 fully saturated rings. The fourth-order valence-corrected chi connectivity index (χ4v) is 1.45. The van der Waals surface area contributed by atoms with Crippen molar-refractivity contribution >= 4 is 5.91 Å². The molecular weight excluding hydrogens is 216 g/mol. The number of rotatable bonds is 3. The molecule has 4 nitrogen and oxygen atoms in total. The van der Waals surface area contributed by atoms with E-state index in [9.17, 15) is 9.90 Å². The highest BCUT2D eigenvalue weighted by molar-refractivity contribution is 5.96. The van der Waals surface area contributed by atoms with Gasteiger partial charge in [-0.15, -0.1) is 0 Å². The summed E-state index contributed by atoms with van der Waals surface area (Å²) in [7, 11) is 0. The van der Waals surface area contributed by atoms with E-state index in [1.807, 2.05) is 30.3 Å². The highest BCUT2D eigenvalue weighted by Gasteiger charge is 2.09. The van der Waals surface area contributed by atoms with Gasteiger partial charge in [0.15, 0.2) is 0 Å². The Morgan fingerprint density at radius 2 is 2.00 bits per heavy atom. The van der Waals surface area contributed by atoms with Gasteiger partial charge in [-0.3, -0.25) is 9.78 Å². The Labute approximate surface area is 98.9 Å². The first kappa shape index (κ1) is 11.1. The van der Waals surface area contributed by atoms with Crippen LogP contribution in [0, 0.1) is 0 Å². The van der Waals surface area contributed by atoms with Gasteiger partial charge in [0.25, 0.3) is 5.91 Å². The fourth-order valence-electron chi connectivity index (χ4n) is 1.45. The predicted molar refractivity (Wildman–Crippen MR) is 63.5 cm³/mol. The van der Waals surface area contributed by atoms with E-state index in [2.05, 4.69) is 10.3 Å². The molecule has 1 aromatic carbocycles. The van der Waals surface area contributed by atoms with Gasteiger partial charge in [0.1, 0.15) is 5.75 Å². The summed E-state index contributed by atoms with van der Waals surface area (Å²) in [5.74, 6) is -0.424. The Morgan fingerprint density at radius 1 is 1.24 bits per heavy atom. The molecule has 0 aliphatic carbocycles. The lowest BCUT2D eigenvalue weighted by atomic mass is 10.2. The number of aromatic hydroxyl groups is 1. The SMILES string of the molecule is O=C(NCc1ccccc1)c1ccncc1O. The maximum absolute atomic E-state index is 11.7. The topological polar surface area (TPSA) is 62.2 Å². The van der Waals surface area contributed by atoms with Gasteiger partial charge in [-0.1, -0.05) is 30.3 Å². The molecule has 4 heteroatoms. The number of nitrogens with one attached hydrogen (secondary N) is 1. The number of hydrogen-bond acceptors (Lipinski definition) is 3. The van der Waals surface area contributed by atoms with Gasteiger partial charge in [-0.25, -0.2) is 0 Å². The van der Waals surface area contributed by atoms with Gasteiger partial charge in [0, 0.05) is 12.7 Å². The van der Waals surface area contributed by atoms with Crippen LogP contribution in [-0.4, -0.2) is 16.0 Å². The molecule has 0 bridgehead atoms. The van der Waals surface area contributed by atoms with E-state index in [-0.39, 0.29) is 17.2 Å². The lowest BCUT2D eigenvalue weighted by molar-refractivity contribution is 0.0948. The summed E-state index contributed by atoms with van der Waals surface area (Å²) in [5, 5.41) is 12.2. The van der Waals surface area contributed by atoms with Gasteiger partial charge in [-0.05, 0) is 11.6 Å². The van der Waals surface area contributed by atoms with Crippen molar-refractivity contribution in [3.63, 3.8) is 0 Å². The Kier molecular flexibility index (Phi) is 3.35. The molecule has 0 saturated heterocycles. The van der Waals surface area contributed by atoms with Crippen LogP contribution in [0.1, 0.15) is 15.9 Å². The maximum atomic E-state index is 11.7. The van der Waals surface area contributed by atoms with Crippen LogP contribution in [0.15, 0.2) is 48.8 Å². The van der Waals surface area contributed by atoms with Crippen LogP contribution >= 0.6 is 0 Å². The van der Waals surface area contributed by atoms with E-state index in [0.717, 1.165) is 5.56 Å². The van der Waals surface area contributed by atoms with Crippen LogP contribution in [0.4, 0.5) is 0 Å². The van der Waals surface area contributed by atoms with E-state index in [1.54, 1.807) is 0 Å². The Morgan fingerprint density at radius 3 is 2.71 bits per heavy atom. The Bertz CT molecular complexity index is 512. The summed E-state index contributed by atoms with van der Waals surface area (Å²) in [5.41, 5.74) is 1.24. The number of pyridine rings is 1. The highest BCUT2D eigenvalue weighted by Crippen LogP contribution is 2.13. The van der Waals surface area contributed by atoms with Gasteiger partial charge in [0.05, 0.1) is 11.8 Å². The molecular formula is C13H12N2O2. The molecule has 0 aliphatic rings. The number of aromatic nitrogens is 1. The molecule has 0 radical (unpaired) electrons. The van der Waals surface area contributed by atoms with Crippen molar-refractivity contribution in [2.45, 2.75) is 6.54 Å². The first-order chi connectivity index (χ1) is 8.27. The number of carbonyl (C=O) groups excluding carboxylic acids is 1. The summed E-state index contributed by atoms with van der Waals surface area (Å²) < 4.78 is 0. The molecule has 2 rings (SSSR count).